The van der Waals surface area contributed by atoms with E-state index in [2.05, 4.69) is 5.32 Å². The zero-order valence-corrected chi connectivity index (χ0v) is 9.94. The number of aliphatic hydroxyl groups is 1. The molecule has 0 aliphatic rings. The van der Waals surface area contributed by atoms with Gasteiger partial charge in [-0.2, -0.15) is 13.2 Å². The molecule has 17 heavy (non-hydrogen) atoms. The average Bonchev–Trinajstić information content (AvgIpc) is 2.26. The molecule has 0 spiro atoms. The minimum Gasteiger partial charge on any atom is -0.395 e. The second-order valence-corrected chi connectivity index (χ2v) is 4.18. The second kappa shape index (κ2) is 5.71. The molecule has 96 valence electrons. The van der Waals surface area contributed by atoms with Crippen molar-refractivity contribution in [3.05, 3.63) is 34.3 Å². The molecule has 0 fully saturated rings. The summed E-state index contributed by atoms with van der Waals surface area (Å²) in [5.74, 6) is 0. The smallest absolute Gasteiger partial charge is 0.395 e. The maximum Gasteiger partial charge on any atom is 0.416 e. The molecule has 1 aromatic carbocycles. The van der Waals surface area contributed by atoms with Crippen LogP contribution in [-0.2, 0) is 12.7 Å². The van der Waals surface area contributed by atoms with Gasteiger partial charge in [-0.25, -0.2) is 0 Å². The van der Waals surface area contributed by atoms with Crippen LogP contribution in [0.25, 0.3) is 0 Å². The highest BCUT2D eigenvalue weighted by Crippen LogP contribution is 2.31. The summed E-state index contributed by atoms with van der Waals surface area (Å²) >= 11 is 5.80. The van der Waals surface area contributed by atoms with E-state index >= 15 is 0 Å². The van der Waals surface area contributed by atoms with Crippen LogP contribution < -0.4 is 5.32 Å². The first-order valence-corrected chi connectivity index (χ1v) is 5.42. The molecule has 0 radical (unpaired) electrons. The highest BCUT2D eigenvalue weighted by atomic mass is 35.5. The second-order valence-electron chi connectivity index (χ2n) is 3.77. The Morgan fingerprint density at radius 2 is 2.06 bits per heavy atom. The van der Waals surface area contributed by atoms with Crippen LogP contribution in [0.1, 0.15) is 18.1 Å². The molecule has 6 heteroatoms. The number of aliphatic hydroxyl groups excluding tert-OH is 1. The number of rotatable bonds is 4. The Labute approximate surface area is 102 Å². The van der Waals surface area contributed by atoms with Gasteiger partial charge in [-0.15, -0.1) is 0 Å². The summed E-state index contributed by atoms with van der Waals surface area (Å²) in [7, 11) is 0. The first-order chi connectivity index (χ1) is 7.84. The van der Waals surface area contributed by atoms with Crippen molar-refractivity contribution in [1.29, 1.82) is 0 Å². The Morgan fingerprint density at radius 3 is 2.59 bits per heavy atom. The average molecular weight is 268 g/mol. The van der Waals surface area contributed by atoms with Crippen molar-refractivity contribution < 1.29 is 18.3 Å². The molecular weight excluding hydrogens is 255 g/mol. The van der Waals surface area contributed by atoms with Crippen LogP contribution in [0.5, 0.6) is 0 Å². The SMILES string of the molecule is C[C@@H](CO)NCc1cc(C(F)(F)F)ccc1Cl. The van der Waals surface area contributed by atoms with Gasteiger partial charge >= 0.3 is 6.18 Å². The highest BCUT2D eigenvalue weighted by Gasteiger charge is 2.30. The largest absolute Gasteiger partial charge is 0.416 e. The first kappa shape index (κ1) is 14.3. The van der Waals surface area contributed by atoms with E-state index in [0.29, 0.717) is 5.56 Å². The molecule has 2 N–H and O–H groups in total. The van der Waals surface area contributed by atoms with Gasteiger partial charge in [0.15, 0.2) is 0 Å². The predicted octanol–water partition coefficient (Wildman–Crippen LogP) is 2.83. The maximum atomic E-state index is 12.5. The lowest BCUT2D eigenvalue weighted by Crippen LogP contribution is -2.28. The number of hydrogen-bond acceptors (Lipinski definition) is 2. The number of alkyl halides is 3. The zero-order valence-electron chi connectivity index (χ0n) is 9.18. The molecule has 0 aliphatic carbocycles. The predicted molar refractivity (Wildman–Crippen MR) is 59.8 cm³/mol. The van der Waals surface area contributed by atoms with Crippen molar-refractivity contribution in [2.75, 3.05) is 6.61 Å². The van der Waals surface area contributed by atoms with Crippen molar-refractivity contribution >= 4 is 11.6 Å². The molecule has 1 atom stereocenters. The van der Waals surface area contributed by atoms with Gasteiger partial charge < -0.3 is 10.4 Å². The minimum absolute atomic E-state index is 0.0867. The molecule has 2 nitrogen and oxygen atoms in total. The van der Waals surface area contributed by atoms with Crippen LogP contribution >= 0.6 is 11.6 Å². The third-order valence-electron chi connectivity index (χ3n) is 2.29. The fourth-order valence-electron chi connectivity index (χ4n) is 1.24. The fraction of sp³-hybridized carbons (Fsp3) is 0.455. The normalized spacial score (nSPS) is 13.8. The molecule has 0 aromatic heterocycles. The van der Waals surface area contributed by atoms with Crippen LogP contribution in [0.15, 0.2) is 18.2 Å². The lowest BCUT2D eigenvalue weighted by molar-refractivity contribution is -0.137. The summed E-state index contributed by atoms with van der Waals surface area (Å²) in [6.45, 7) is 1.82. The lowest BCUT2D eigenvalue weighted by atomic mass is 10.1. The zero-order chi connectivity index (χ0) is 13.1. The summed E-state index contributed by atoms with van der Waals surface area (Å²) < 4.78 is 37.4. The van der Waals surface area contributed by atoms with E-state index in [1.807, 2.05) is 0 Å². The quantitative estimate of drug-likeness (QED) is 0.879. The lowest BCUT2D eigenvalue weighted by Gasteiger charge is -2.13. The van der Waals surface area contributed by atoms with Crippen LogP contribution in [0.2, 0.25) is 5.02 Å². The molecule has 0 amide bonds. The van der Waals surface area contributed by atoms with E-state index in [1.165, 1.54) is 6.07 Å². The van der Waals surface area contributed by atoms with E-state index in [-0.39, 0.29) is 24.2 Å². The van der Waals surface area contributed by atoms with Crippen molar-refractivity contribution in [3.8, 4) is 0 Å². The molecule has 1 rings (SSSR count). The van der Waals surface area contributed by atoms with Gasteiger partial charge in [0.2, 0.25) is 0 Å². The summed E-state index contributed by atoms with van der Waals surface area (Å²) in [5.41, 5.74) is -0.364. The summed E-state index contributed by atoms with van der Waals surface area (Å²) in [5, 5.41) is 11.9. The monoisotopic (exact) mass is 267 g/mol. The molecule has 1 aromatic rings. The molecule has 0 saturated heterocycles. The van der Waals surface area contributed by atoms with Crippen molar-refractivity contribution in [2.45, 2.75) is 25.7 Å². The van der Waals surface area contributed by atoms with Gasteiger partial charge in [-0.1, -0.05) is 11.6 Å². The van der Waals surface area contributed by atoms with Gasteiger partial charge in [0.05, 0.1) is 12.2 Å². The maximum absolute atomic E-state index is 12.5. The number of hydrogen-bond donors (Lipinski definition) is 2. The van der Waals surface area contributed by atoms with Crippen LogP contribution in [0, 0.1) is 0 Å². The Kier molecular flexibility index (Phi) is 4.80. The highest BCUT2D eigenvalue weighted by molar-refractivity contribution is 6.31. The Bertz CT molecular complexity index is 381. The number of halogens is 4. The third-order valence-corrected chi connectivity index (χ3v) is 2.66. The van der Waals surface area contributed by atoms with E-state index in [9.17, 15) is 13.2 Å². The summed E-state index contributed by atoms with van der Waals surface area (Å²) in [6.07, 6.45) is -4.37. The molecule has 0 bridgehead atoms. The topological polar surface area (TPSA) is 32.3 Å². The molecule has 0 saturated carbocycles. The molecule has 0 unspecified atom stereocenters. The van der Waals surface area contributed by atoms with Crippen LogP contribution in [0.4, 0.5) is 13.2 Å². The van der Waals surface area contributed by atoms with Crippen LogP contribution in [0.3, 0.4) is 0 Å². The Morgan fingerprint density at radius 1 is 1.41 bits per heavy atom. The van der Waals surface area contributed by atoms with Crippen molar-refractivity contribution in [1.82, 2.24) is 5.32 Å². The molecular formula is C11H13ClF3NO. The third kappa shape index (κ3) is 4.18. The van der Waals surface area contributed by atoms with E-state index in [1.54, 1.807) is 6.92 Å². The van der Waals surface area contributed by atoms with Gasteiger partial charge in [0.1, 0.15) is 0 Å². The minimum atomic E-state index is -4.37. The first-order valence-electron chi connectivity index (χ1n) is 5.04. The van der Waals surface area contributed by atoms with Gasteiger partial charge in [-0.3, -0.25) is 0 Å². The standard InChI is InChI=1S/C11H13ClF3NO/c1-7(6-17)16-5-8-4-9(11(13,14)15)2-3-10(8)12/h2-4,7,16-17H,5-6H2,1H3/t7-/m0/s1. The van der Waals surface area contributed by atoms with Gasteiger partial charge in [-0.05, 0) is 30.7 Å². The van der Waals surface area contributed by atoms with E-state index < -0.39 is 11.7 Å². The van der Waals surface area contributed by atoms with Gasteiger partial charge in [0, 0.05) is 17.6 Å². The Balaban J connectivity index is 2.84. The number of nitrogens with one attached hydrogen (secondary N) is 1. The van der Waals surface area contributed by atoms with Gasteiger partial charge in [0.25, 0.3) is 0 Å². The molecule has 0 aliphatic heterocycles. The van der Waals surface area contributed by atoms with Crippen molar-refractivity contribution in [2.24, 2.45) is 0 Å². The fourth-order valence-corrected chi connectivity index (χ4v) is 1.42. The van der Waals surface area contributed by atoms with Crippen molar-refractivity contribution in [3.63, 3.8) is 0 Å². The Hall–Kier alpha value is -0.780. The number of benzene rings is 1. The van der Waals surface area contributed by atoms with E-state index in [4.69, 9.17) is 16.7 Å². The van der Waals surface area contributed by atoms with E-state index in [0.717, 1.165) is 12.1 Å². The molecule has 0 heterocycles. The summed E-state index contributed by atoms with van der Waals surface area (Å²) in [6, 6.07) is 2.99. The summed E-state index contributed by atoms with van der Waals surface area (Å²) in [4.78, 5) is 0. The van der Waals surface area contributed by atoms with Crippen LogP contribution in [-0.4, -0.2) is 17.8 Å².